The molecule has 0 saturated carbocycles. The van der Waals surface area contributed by atoms with Crippen molar-refractivity contribution in [2.24, 2.45) is 5.92 Å². The lowest BCUT2D eigenvalue weighted by molar-refractivity contribution is -0.869. The maximum Gasteiger partial charge on any atom is 0.125 e. The number of hydroxylamine groups is 3. The van der Waals surface area contributed by atoms with Crippen LogP contribution >= 0.6 is 0 Å². The molecule has 1 aromatic rings. The van der Waals surface area contributed by atoms with E-state index in [0.29, 0.717) is 19.1 Å². The van der Waals surface area contributed by atoms with E-state index in [2.05, 4.69) is 26.0 Å². The fraction of sp³-hybridized carbons (Fsp3) is 0.600. The highest BCUT2D eigenvalue weighted by Crippen LogP contribution is 2.25. The topological polar surface area (TPSA) is 32.3 Å². The molecule has 0 N–H and O–H groups in total. The minimum absolute atomic E-state index is 0.110. The van der Waals surface area contributed by atoms with Crippen LogP contribution in [0.1, 0.15) is 24.0 Å². The van der Waals surface area contributed by atoms with Crippen LogP contribution in [-0.2, 0) is 0 Å². The molecule has 0 bridgehead atoms. The van der Waals surface area contributed by atoms with Crippen molar-refractivity contribution in [1.82, 2.24) is 0 Å². The molecule has 2 atom stereocenters. The summed E-state index contributed by atoms with van der Waals surface area (Å²) in [5.41, 5.74) is 2.34. The van der Waals surface area contributed by atoms with Crippen molar-refractivity contribution < 1.29 is 9.38 Å². The van der Waals surface area contributed by atoms with E-state index in [4.69, 9.17) is 4.74 Å². The summed E-state index contributed by atoms with van der Waals surface area (Å²) in [4.78, 5) is 0. The van der Waals surface area contributed by atoms with E-state index in [-0.39, 0.29) is 4.65 Å². The van der Waals surface area contributed by atoms with E-state index >= 15 is 0 Å². The zero-order valence-corrected chi connectivity index (χ0v) is 11.6. The van der Waals surface area contributed by atoms with Crippen molar-refractivity contribution in [3.05, 3.63) is 34.5 Å². The zero-order chi connectivity index (χ0) is 13.2. The smallest absolute Gasteiger partial charge is 0.125 e. The van der Waals surface area contributed by atoms with Crippen LogP contribution in [0, 0.1) is 25.0 Å². The molecular weight excluding hydrogens is 226 g/mol. The van der Waals surface area contributed by atoms with Crippen LogP contribution in [0.15, 0.2) is 18.2 Å². The summed E-state index contributed by atoms with van der Waals surface area (Å²) in [6.45, 7) is 6.24. The quantitative estimate of drug-likeness (QED) is 0.609. The van der Waals surface area contributed by atoms with Crippen LogP contribution in [0.3, 0.4) is 0 Å². The summed E-state index contributed by atoms with van der Waals surface area (Å²) < 4.78 is 5.84. The van der Waals surface area contributed by atoms with Gasteiger partial charge in [0.2, 0.25) is 0 Å². The molecular formula is C15H23NO2. The number of aryl methyl sites for hydroxylation is 2. The Labute approximate surface area is 110 Å². The van der Waals surface area contributed by atoms with Gasteiger partial charge in [-0.1, -0.05) is 18.2 Å². The second-order valence-electron chi connectivity index (χ2n) is 5.74. The predicted octanol–water partition coefficient (Wildman–Crippen LogP) is 3.04. The van der Waals surface area contributed by atoms with E-state index in [9.17, 15) is 5.21 Å². The molecule has 100 valence electrons. The average Bonchev–Trinajstić information content (AvgIpc) is 2.27. The molecule has 0 radical (unpaired) electrons. The van der Waals surface area contributed by atoms with Gasteiger partial charge in [-0.2, -0.15) is 0 Å². The minimum atomic E-state index is -0.110. The first kappa shape index (κ1) is 13.4. The van der Waals surface area contributed by atoms with Crippen molar-refractivity contribution in [1.29, 1.82) is 0 Å². The number of hydrogen-bond acceptors (Lipinski definition) is 2. The monoisotopic (exact) mass is 249 g/mol. The number of hydrogen-bond donors (Lipinski definition) is 0. The van der Waals surface area contributed by atoms with Gasteiger partial charge in [0.05, 0.1) is 26.7 Å². The number of ether oxygens (including phenoxy) is 1. The van der Waals surface area contributed by atoms with Crippen LogP contribution in [0.5, 0.6) is 5.75 Å². The molecule has 0 spiro atoms. The van der Waals surface area contributed by atoms with Gasteiger partial charge in [-0.3, -0.25) is 0 Å². The maximum atomic E-state index is 12.0. The molecule has 1 heterocycles. The highest BCUT2D eigenvalue weighted by atomic mass is 16.5. The lowest BCUT2D eigenvalue weighted by Crippen LogP contribution is -2.47. The number of piperidine rings is 1. The Morgan fingerprint density at radius 2 is 2.00 bits per heavy atom. The molecule has 2 rings (SSSR count). The van der Waals surface area contributed by atoms with E-state index in [1.54, 1.807) is 7.05 Å². The SMILES string of the molecule is Cc1cccc(C)c1OC[C@H]1CCC[N+](C)([O-])C1. The largest absolute Gasteiger partial charge is 0.633 e. The minimum Gasteiger partial charge on any atom is -0.633 e. The predicted molar refractivity (Wildman–Crippen MR) is 73.4 cm³/mol. The maximum absolute atomic E-state index is 12.0. The fourth-order valence-corrected chi connectivity index (χ4v) is 2.81. The first-order chi connectivity index (χ1) is 8.48. The van der Waals surface area contributed by atoms with Crippen LogP contribution in [0.2, 0.25) is 0 Å². The molecule has 0 amide bonds. The molecule has 1 saturated heterocycles. The van der Waals surface area contributed by atoms with Gasteiger partial charge in [0.1, 0.15) is 5.75 Å². The Morgan fingerprint density at radius 3 is 2.61 bits per heavy atom. The molecule has 1 aliphatic heterocycles. The summed E-state index contributed by atoms with van der Waals surface area (Å²) >= 11 is 0. The van der Waals surface area contributed by atoms with Gasteiger partial charge < -0.3 is 14.6 Å². The van der Waals surface area contributed by atoms with Crippen LogP contribution < -0.4 is 4.74 Å². The van der Waals surface area contributed by atoms with Crippen molar-refractivity contribution >= 4 is 0 Å². The van der Waals surface area contributed by atoms with Gasteiger partial charge in [0, 0.05) is 5.92 Å². The molecule has 0 aromatic heterocycles. The highest BCUT2D eigenvalue weighted by Gasteiger charge is 2.25. The first-order valence-electron chi connectivity index (χ1n) is 6.72. The molecule has 1 unspecified atom stereocenters. The van der Waals surface area contributed by atoms with E-state index in [1.165, 1.54) is 11.1 Å². The third kappa shape index (κ3) is 3.24. The molecule has 1 aliphatic rings. The van der Waals surface area contributed by atoms with Crippen molar-refractivity contribution in [3.63, 3.8) is 0 Å². The second-order valence-corrected chi connectivity index (χ2v) is 5.74. The molecule has 1 fully saturated rings. The summed E-state index contributed by atoms with van der Waals surface area (Å²) in [5.74, 6) is 1.38. The highest BCUT2D eigenvalue weighted by molar-refractivity contribution is 5.39. The number of nitrogens with zero attached hydrogens (tertiary/aromatic N) is 1. The Hall–Kier alpha value is -1.06. The van der Waals surface area contributed by atoms with Crippen molar-refractivity contribution in [3.8, 4) is 5.75 Å². The van der Waals surface area contributed by atoms with Crippen LogP contribution in [0.25, 0.3) is 0 Å². The number of likely N-dealkylation sites (tertiary alicyclic amines) is 1. The van der Waals surface area contributed by atoms with Gasteiger partial charge in [-0.15, -0.1) is 0 Å². The van der Waals surface area contributed by atoms with Gasteiger partial charge in [-0.05, 0) is 37.8 Å². The van der Waals surface area contributed by atoms with Crippen molar-refractivity contribution in [2.45, 2.75) is 26.7 Å². The van der Waals surface area contributed by atoms with E-state index in [1.807, 2.05) is 6.07 Å². The van der Waals surface area contributed by atoms with Gasteiger partial charge in [0.15, 0.2) is 0 Å². The zero-order valence-electron chi connectivity index (χ0n) is 11.6. The standard InChI is InChI=1S/C15H23NO2/c1-12-6-4-7-13(2)15(12)18-11-14-8-5-9-16(3,17)10-14/h4,6-7,14H,5,8-11H2,1-3H3/t14-,16?/m0/s1. The van der Waals surface area contributed by atoms with E-state index in [0.717, 1.165) is 25.1 Å². The lowest BCUT2D eigenvalue weighted by Gasteiger charge is -2.44. The Balaban J connectivity index is 1.95. The summed E-state index contributed by atoms with van der Waals surface area (Å²) in [7, 11) is 1.77. The Kier molecular flexibility index (Phi) is 3.93. The second kappa shape index (κ2) is 5.29. The summed E-state index contributed by atoms with van der Waals surface area (Å²) in [6, 6.07) is 6.18. The first-order valence-corrected chi connectivity index (χ1v) is 6.72. The number of quaternary nitrogens is 1. The van der Waals surface area contributed by atoms with Crippen molar-refractivity contribution in [2.75, 3.05) is 26.7 Å². The Morgan fingerprint density at radius 1 is 1.33 bits per heavy atom. The molecule has 1 aromatic carbocycles. The van der Waals surface area contributed by atoms with E-state index < -0.39 is 0 Å². The molecule has 18 heavy (non-hydrogen) atoms. The summed E-state index contributed by atoms with van der Waals surface area (Å²) in [5, 5.41) is 12.0. The third-order valence-corrected chi connectivity index (χ3v) is 3.76. The van der Waals surface area contributed by atoms with Gasteiger partial charge >= 0.3 is 0 Å². The van der Waals surface area contributed by atoms with Gasteiger partial charge in [0.25, 0.3) is 0 Å². The van der Waals surface area contributed by atoms with Crippen LogP contribution in [-0.4, -0.2) is 31.4 Å². The lowest BCUT2D eigenvalue weighted by atomic mass is 9.99. The summed E-state index contributed by atoms with van der Waals surface area (Å²) in [6.07, 6.45) is 2.13. The molecule has 3 nitrogen and oxygen atoms in total. The average molecular weight is 249 g/mol. The molecule has 3 heteroatoms. The van der Waals surface area contributed by atoms with Crippen LogP contribution in [0.4, 0.5) is 0 Å². The Bertz CT molecular complexity index is 395. The molecule has 0 aliphatic carbocycles. The third-order valence-electron chi connectivity index (χ3n) is 3.76. The fourth-order valence-electron chi connectivity index (χ4n) is 2.81. The number of para-hydroxylation sites is 1. The van der Waals surface area contributed by atoms with Gasteiger partial charge in [-0.25, -0.2) is 0 Å². The number of benzene rings is 1. The normalized spacial score (nSPS) is 28.1. The number of rotatable bonds is 3.